The second kappa shape index (κ2) is 7.93. The Morgan fingerprint density at radius 2 is 1.96 bits per heavy atom. The van der Waals surface area contributed by atoms with E-state index in [9.17, 15) is 4.79 Å². The van der Waals surface area contributed by atoms with Crippen molar-refractivity contribution in [2.24, 2.45) is 0 Å². The third-order valence-electron chi connectivity index (χ3n) is 3.86. The maximum absolute atomic E-state index is 12.6. The molecule has 0 radical (unpaired) electrons. The second-order valence-electron chi connectivity index (χ2n) is 5.48. The molecule has 3 aromatic rings. The van der Waals surface area contributed by atoms with E-state index in [4.69, 9.17) is 21.1 Å². The summed E-state index contributed by atoms with van der Waals surface area (Å²) in [5.41, 5.74) is 1.98. The molecular weight excluding hydrogens is 354 g/mol. The van der Waals surface area contributed by atoms with E-state index in [1.165, 1.54) is 7.11 Å². The molecule has 0 bridgehead atoms. The Hall–Kier alpha value is -2.99. The molecule has 0 aliphatic rings. The topological polar surface area (TPSA) is 65.4 Å². The Balaban J connectivity index is 1.81. The number of nitrogens with one attached hydrogen (secondary N) is 1. The van der Waals surface area contributed by atoms with Gasteiger partial charge in [0.25, 0.3) is 5.91 Å². The molecule has 1 aromatic carbocycles. The summed E-state index contributed by atoms with van der Waals surface area (Å²) in [6.07, 6.45) is 5.37. The van der Waals surface area contributed by atoms with Crippen LogP contribution in [0.15, 0.2) is 55.0 Å². The molecular formula is C19H18ClN3O3. The highest BCUT2D eigenvalue weighted by molar-refractivity contribution is 6.33. The number of benzene rings is 1. The minimum Gasteiger partial charge on any atom is -0.496 e. The van der Waals surface area contributed by atoms with Gasteiger partial charge < -0.3 is 19.4 Å². The lowest BCUT2D eigenvalue weighted by Gasteiger charge is -2.14. The zero-order valence-corrected chi connectivity index (χ0v) is 15.2. The number of methoxy groups -OCH3 is 2. The summed E-state index contributed by atoms with van der Waals surface area (Å²) in [6.45, 7) is 0.331. The number of hydrogen-bond donors (Lipinski definition) is 1. The predicted molar refractivity (Wildman–Crippen MR) is 99.3 cm³/mol. The molecule has 6 nitrogen and oxygen atoms in total. The van der Waals surface area contributed by atoms with Crippen molar-refractivity contribution in [2.75, 3.05) is 14.2 Å². The van der Waals surface area contributed by atoms with E-state index in [0.717, 1.165) is 11.3 Å². The summed E-state index contributed by atoms with van der Waals surface area (Å²) in [7, 11) is 3.07. The van der Waals surface area contributed by atoms with Gasteiger partial charge in [-0.05, 0) is 29.8 Å². The fourth-order valence-corrected chi connectivity index (χ4v) is 2.79. The Labute approximate surface area is 156 Å². The molecule has 7 heteroatoms. The number of aromatic nitrogens is 2. The average Bonchev–Trinajstić information content (AvgIpc) is 3.20. The zero-order chi connectivity index (χ0) is 18.5. The molecule has 0 unspecified atom stereocenters. The predicted octanol–water partition coefficient (Wildman–Crippen LogP) is 3.47. The standard InChI is InChI=1S/C19H18ClN3O3/c1-25-17-11-16(23-7-3-4-8-23)15(20)10-14(17)19(24)22-12-13-5-6-21-18(9-13)26-2/h3-11H,12H2,1-2H3,(H,22,24). The lowest BCUT2D eigenvalue weighted by molar-refractivity contribution is 0.0948. The number of ether oxygens (including phenoxy) is 2. The summed E-state index contributed by atoms with van der Waals surface area (Å²) in [5.74, 6) is 0.662. The van der Waals surface area contributed by atoms with E-state index in [-0.39, 0.29) is 5.91 Å². The van der Waals surface area contributed by atoms with Crippen LogP contribution in [0.4, 0.5) is 0 Å². The molecule has 0 spiro atoms. The van der Waals surface area contributed by atoms with E-state index < -0.39 is 0 Å². The summed E-state index contributed by atoms with van der Waals surface area (Å²) in [4.78, 5) is 16.6. The molecule has 26 heavy (non-hydrogen) atoms. The lowest BCUT2D eigenvalue weighted by atomic mass is 10.1. The SMILES string of the molecule is COc1cc(CNC(=O)c2cc(Cl)c(-n3cccc3)cc2OC)ccn1. The van der Waals surface area contributed by atoms with Crippen molar-refractivity contribution in [3.63, 3.8) is 0 Å². The molecule has 134 valence electrons. The van der Waals surface area contributed by atoms with Gasteiger partial charge in [0.2, 0.25) is 5.88 Å². The molecule has 2 heterocycles. The number of halogens is 1. The first-order valence-corrected chi connectivity index (χ1v) is 8.28. The van der Waals surface area contributed by atoms with Crippen LogP contribution in [0.25, 0.3) is 5.69 Å². The first kappa shape index (κ1) is 17.8. The van der Waals surface area contributed by atoms with Gasteiger partial charge in [-0.1, -0.05) is 11.6 Å². The van der Waals surface area contributed by atoms with Crippen LogP contribution in [0.5, 0.6) is 11.6 Å². The van der Waals surface area contributed by atoms with Crippen molar-refractivity contribution in [1.82, 2.24) is 14.9 Å². The van der Waals surface area contributed by atoms with Crippen molar-refractivity contribution in [1.29, 1.82) is 0 Å². The highest BCUT2D eigenvalue weighted by Crippen LogP contribution is 2.30. The third kappa shape index (κ3) is 3.81. The van der Waals surface area contributed by atoms with E-state index in [2.05, 4.69) is 10.3 Å². The second-order valence-corrected chi connectivity index (χ2v) is 5.89. The van der Waals surface area contributed by atoms with Gasteiger partial charge in [0, 0.05) is 37.3 Å². The highest BCUT2D eigenvalue weighted by Gasteiger charge is 2.16. The van der Waals surface area contributed by atoms with Gasteiger partial charge in [-0.2, -0.15) is 0 Å². The van der Waals surface area contributed by atoms with Gasteiger partial charge in [-0.15, -0.1) is 0 Å². The van der Waals surface area contributed by atoms with Gasteiger partial charge in [-0.25, -0.2) is 4.98 Å². The fourth-order valence-electron chi connectivity index (χ4n) is 2.53. The van der Waals surface area contributed by atoms with Crippen LogP contribution in [0.3, 0.4) is 0 Å². The van der Waals surface area contributed by atoms with Crippen LogP contribution >= 0.6 is 11.6 Å². The van der Waals surface area contributed by atoms with E-state index in [0.29, 0.717) is 28.8 Å². The van der Waals surface area contributed by atoms with E-state index in [1.54, 1.807) is 31.5 Å². The number of hydrogen-bond acceptors (Lipinski definition) is 4. The maximum Gasteiger partial charge on any atom is 0.255 e. The number of carbonyl (C=O) groups excluding carboxylic acids is 1. The van der Waals surface area contributed by atoms with Crippen molar-refractivity contribution >= 4 is 17.5 Å². The molecule has 3 rings (SSSR count). The van der Waals surface area contributed by atoms with Crippen LogP contribution in [-0.2, 0) is 6.54 Å². The maximum atomic E-state index is 12.6. The number of nitrogens with zero attached hydrogens (tertiary/aromatic N) is 2. The molecule has 0 fully saturated rings. The van der Waals surface area contributed by atoms with Gasteiger partial charge in [0.15, 0.2) is 0 Å². The summed E-state index contributed by atoms with van der Waals surface area (Å²) in [5, 5.41) is 3.31. The van der Waals surface area contributed by atoms with Crippen LogP contribution in [0.2, 0.25) is 5.02 Å². The van der Waals surface area contributed by atoms with Crippen molar-refractivity contribution in [2.45, 2.75) is 6.54 Å². The molecule has 0 saturated heterocycles. The van der Waals surface area contributed by atoms with Crippen LogP contribution in [0.1, 0.15) is 15.9 Å². The molecule has 0 atom stereocenters. The largest absolute Gasteiger partial charge is 0.496 e. The Kier molecular flexibility index (Phi) is 5.43. The van der Waals surface area contributed by atoms with Gasteiger partial charge >= 0.3 is 0 Å². The molecule has 2 aromatic heterocycles. The highest BCUT2D eigenvalue weighted by atomic mass is 35.5. The summed E-state index contributed by atoms with van der Waals surface area (Å²) < 4.78 is 12.3. The van der Waals surface area contributed by atoms with Crippen LogP contribution < -0.4 is 14.8 Å². The van der Waals surface area contributed by atoms with Crippen molar-refractivity contribution in [3.05, 3.63) is 71.1 Å². The van der Waals surface area contributed by atoms with Crippen molar-refractivity contribution in [3.8, 4) is 17.3 Å². The first-order chi connectivity index (χ1) is 12.6. The van der Waals surface area contributed by atoms with E-state index in [1.807, 2.05) is 35.2 Å². The Morgan fingerprint density at radius 3 is 2.65 bits per heavy atom. The first-order valence-electron chi connectivity index (χ1n) is 7.90. The molecule has 0 aliphatic heterocycles. The quantitative estimate of drug-likeness (QED) is 0.720. The molecule has 1 amide bonds. The normalized spacial score (nSPS) is 10.4. The number of rotatable bonds is 6. The Bertz CT molecular complexity index is 910. The summed E-state index contributed by atoms with van der Waals surface area (Å²) in [6, 6.07) is 10.7. The minimum atomic E-state index is -0.279. The average molecular weight is 372 g/mol. The molecule has 0 saturated carbocycles. The molecule has 0 aliphatic carbocycles. The third-order valence-corrected chi connectivity index (χ3v) is 4.16. The monoisotopic (exact) mass is 371 g/mol. The van der Waals surface area contributed by atoms with E-state index >= 15 is 0 Å². The van der Waals surface area contributed by atoms with Crippen LogP contribution in [0, 0.1) is 0 Å². The number of amides is 1. The zero-order valence-electron chi connectivity index (χ0n) is 14.4. The minimum absolute atomic E-state index is 0.279. The molecule has 1 N–H and O–H groups in total. The number of pyridine rings is 1. The van der Waals surface area contributed by atoms with Crippen LogP contribution in [-0.4, -0.2) is 29.7 Å². The smallest absolute Gasteiger partial charge is 0.255 e. The Morgan fingerprint density at radius 1 is 1.19 bits per heavy atom. The number of carbonyl (C=O) groups is 1. The van der Waals surface area contributed by atoms with Crippen molar-refractivity contribution < 1.29 is 14.3 Å². The van der Waals surface area contributed by atoms with Gasteiger partial charge in [0.05, 0.1) is 30.5 Å². The van der Waals surface area contributed by atoms with Gasteiger partial charge in [0.1, 0.15) is 5.75 Å². The lowest BCUT2D eigenvalue weighted by Crippen LogP contribution is -2.23. The fraction of sp³-hybridized carbons (Fsp3) is 0.158. The summed E-state index contributed by atoms with van der Waals surface area (Å²) >= 11 is 6.37. The van der Waals surface area contributed by atoms with Gasteiger partial charge in [-0.3, -0.25) is 4.79 Å².